The lowest BCUT2D eigenvalue weighted by Crippen LogP contribution is -2.34. The maximum atomic E-state index is 14.8. The number of rotatable bonds is 15. The van der Waals surface area contributed by atoms with Crippen LogP contribution in [0.3, 0.4) is 0 Å². The van der Waals surface area contributed by atoms with Gasteiger partial charge in [0.2, 0.25) is 0 Å². The van der Waals surface area contributed by atoms with Crippen LogP contribution in [0.1, 0.15) is 57.0 Å². The fraction of sp³-hybridized carbons (Fsp3) is 0.645. The van der Waals surface area contributed by atoms with Crippen molar-refractivity contribution in [3.63, 3.8) is 0 Å². The molecule has 1 saturated heterocycles. The lowest BCUT2D eigenvalue weighted by molar-refractivity contribution is -0.152. The van der Waals surface area contributed by atoms with Crippen molar-refractivity contribution in [3.8, 4) is 11.5 Å². The van der Waals surface area contributed by atoms with Gasteiger partial charge in [0.05, 0.1) is 19.8 Å². The lowest BCUT2D eigenvalue weighted by Gasteiger charge is -2.23. The summed E-state index contributed by atoms with van der Waals surface area (Å²) in [4.78, 5) is 13.3. The summed E-state index contributed by atoms with van der Waals surface area (Å²) in [6.45, 7) is 15.5. The molecular formula is C31H49FO8Si. The van der Waals surface area contributed by atoms with Crippen molar-refractivity contribution >= 4 is 20.1 Å². The highest BCUT2D eigenvalue weighted by molar-refractivity contribution is 6.76. The normalized spacial score (nSPS) is 21.4. The molecule has 2 rings (SSSR count). The van der Waals surface area contributed by atoms with Crippen molar-refractivity contribution in [2.45, 2.75) is 96.5 Å². The van der Waals surface area contributed by atoms with E-state index in [0.717, 1.165) is 6.04 Å². The van der Waals surface area contributed by atoms with E-state index in [1.54, 1.807) is 45.9 Å². The maximum absolute atomic E-state index is 14.8. The zero-order chi connectivity index (χ0) is 31.0. The average molecular weight is 597 g/mol. The van der Waals surface area contributed by atoms with Crippen molar-refractivity contribution in [2.24, 2.45) is 5.92 Å². The molecule has 0 saturated carbocycles. The molecule has 1 fully saturated rings. The molecule has 1 N–H and O–H groups in total. The van der Waals surface area contributed by atoms with Gasteiger partial charge in [-0.05, 0) is 56.9 Å². The number of hydrogen-bond acceptors (Lipinski definition) is 8. The van der Waals surface area contributed by atoms with Crippen LogP contribution in [0.5, 0.6) is 11.5 Å². The Hall–Kier alpha value is -2.24. The van der Waals surface area contributed by atoms with Crippen molar-refractivity contribution in [1.29, 1.82) is 0 Å². The van der Waals surface area contributed by atoms with Gasteiger partial charge in [0.15, 0.2) is 12.6 Å². The average Bonchev–Trinajstić information content (AvgIpc) is 3.18. The summed E-state index contributed by atoms with van der Waals surface area (Å²) in [7, 11) is 1.62. The summed E-state index contributed by atoms with van der Waals surface area (Å²) in [6, 6.07) is 4.18. The first-order valence-corrected chi connectivity index (χ1v) is 17.8. The van der Waals surface area contributed by atoms with Crippen molar-refractivity contribution in [2.75, 3.05) is 27.6 Å². The predicted octanol–water partition coefficient (Wildman–Crippen LogP) is 6.40. The highest BCUT2D eigenvalue weighted by Crippen LogP contribution is 2.35. The third kappa shape index (κ3) is 10.8. The Labute approximate surface area is 245 Å². The Bertz CT molecular complexity index is 1060. The molecule has 0 radical (unpaired) electrons. The molecule has 0 bridgehead atoms. The van der Waals surface area contributed by atoms with E-state index in [9.17, 15) is 14.3 Å². The minimum absolute atomic E-state index is 0.0599. The molecule has 1 aliphatic rings. The fourth-order valence-corrected chi connectivity index (χ4v) is 4.80. The number of methoxy groups -OCH3 is 2. The zero-order valence-corrected chi connectivity index (χ0v) is 27.3. The number of aliphatic hydroxyl groups is 1. The van der Waals surface area contributed by atoms with Crippen LogP contribution < -0.4 is 9.47 Å². The second kappa shape index (κ2) is 14.8. The number of halogens is 1. The van der Waals surface area contributed by atoms with Crippen LogP contribution in [0.25, 0.3) is 6.08 Å². The molecule has 8 nitrogen and oxygen atoms in total. The van der Waals surface area contributed by atoms with E-state index in [-0.39, 0.29) is 24.0 Å². The second-order valence-corrected chi connectivity index (χ2v) is 18.1. The quantitative estimate of drug-likeness (QED) is 0.108. The minimum Gasteiger partial charge on any atom is -0.497 e. The van der Waals surface area contributed by atoms with Crippen molar-refractivity contribution in [1.82, 2.24) is 0 Å². The number of carbonyl (C=O) groups is 1. The SMILES string of the molecule is COCOc1cc(OC)cc(/C=C/C[C@@H]2OC(C)(C)OC2C(O)/C=C\C(C)(F)C(C)C)c1C(=O)OCC[Si](C)(C)C. The van der Waals surface area contributed by atoms with E-state index in [2.05, 4.69) is 19.6 Å². The molecule has 0 amide bonds. The number of ether oxygens (including phenoxy) is 6. The first-order valence-electron chi connectivity index (χ1n) is 14.1. The number of alkyl halides is 1. The molecule has 232 valence electrons. The highest BCUT2D eigenvalue weighted by Gasteiger charge is 2.43. The van der Waals surface area contributed by atoms with Crippen LogP contribution in [0.15, 0.2) is 30.4 Å². The van der Waals surface area contributed by atoms with Crippen molar-refractivity contribution < 1.29 is 42.7 Å². The largest absolute Gasteiger partial charge is 0.497 e. The molecular weight excluding hydrogens is 547 g/mol. The highest BCUT2D eigenvalue weighted by atomic mass is 28.3. The zero-order valence-electron chi connectivity index (χ0n) is 26.3. The van der Waals surface area contributed by atoms with Gasteiger partial charge in [-0.3, -0.25) is 0 Å². The van der Waals surface area contributed by atoms with Gasteiger partial charge in [-0.25, -0.2) is 9.18 Å². The van der Waals surface area contributed by atoms with E-state index in [1.165, 1.54) is 33.3 Å². The Morgan fingerprint density at radius 2 is 1.90 bits per heavy atom. The number of hydrogen-bond donors (Lipinski definition) is 1. The van der Waals surface area contributed by atoms with Gasteiger partial charge in [0.1, 0.15) is 34.9 Å². The monoisotopic (exact) mass is 596 g/mol. The van der Waals surface area contributed by atoms with Crippen LogP contribution in [-0.4, -0.2) is 76.5 Å². The van der Waals surface area contributed by atoms with E-state index in [1.807, 2.05) is 6.08 Å². The summed E-state index contributed by atoms with van der Waals surface area (Å²) >= 11 is 0. The number of esters is 1. The smallest absolute Gasteiger partial charge is 0.342 e. The predicted molar refractivity (Wildman–Crippen MR) is 161 cm³/mol. The summed E-state index contributed by atoms with van der Waals surface area (Å²) in [5, 5.41) is 10.9. The topological polar surface area (TPSA) is 92.7 Å². The molecule has 0 aliphatic carbocycles. The molecule has 1 aromatic rings. The molecule has 1 aromatic carbocycles. The van der Waals surface area contributed by atoms with Gasteiger partial charge >= 0.3 is 5.97 Å². The van der Waals surface area contributed by atoms with Gasteiger partial charge in [-0.15, -0.1) is 0 Å². The molecule has 3 unspecified atom stereocenters. The number of aliphatic hydroxyl groups excluding tert-OH is 1. The van der Waals surface area contributed by atoms with E-state index in [0.29, 0.717) is 24.3 Å². The molecule has 41 heavy (non-hydrogen) atoms. The molecule has 1 heterocycles. The number of benzene rings is 1. The van der Waals surface area contributed by atoms with Crippen LogP contribution in [0.4, 0.5) is 4.39 Å². The summed E-state index contributed by atoms with van der Waals surface area (Å²) in [6.07, 6.45) is 4.45. The molecule has 10 heteroatoms. The van der Waals surface area contributed by atoms with Crippen LogP contribution in [0.2, 0.25) is 25.7 Å². The van der Waals surface area contributed by atoms with Gasteiger partial charge in [-0.2, -0.15) is 0 Å². The first-order chi connectivity index (χ1) is 19.0. The fourth-order valence-electron chi connectivity index (χ4n) is 4.09. The second-order valence-electron chi connectivity index (χ2n) is 12.5. The molecule has 0 aromatic heterocycles. The number of allylic oxidation sites excluding steroid dienone is 1. The van der Waals surface area contributed by atoms with E-state index in [4.69, 9.17) is 28.4 Å². The van der Waals surface area contributed by atoms with Gasteiger partial charge in [0, 0.05) is 21.3 Å². The Balaban J connectivity index is 2.34. The van der Waals surface area contributed by atoms with Gasteiger partial charge in [-0.1, -0.05) is 51.7 Å². The van der Waals surface area contributed by atoms with E-state index >= 15 is 0 Å². The van der Waals surface area contributed by atoms with Crippen LogP contribution >= 0.6 is 0 Å². The van der Waals surface area contributed by atoms with Gasteiger partial charge in [0.25, 0.3) is 0 Å². The van der Waals surface area contributed by atoms with Crippen LogP contribution in [0, 0.1) is 5.92 Å². The van der Waals surface area contributed by atoms with Gasteiger partial charge < -0.3 is 33.5 Å². The summed E-state index contributed by atoms with van der Waals surface area (Å²) in [5.74, 6) is -0.912. The Morgan fingerprint density at radius 1 is 1.22 bits per heavy atom. The molecule has 0 spiro atoms. The maximum Gasteiger partial charge on any atom is 0.342 e. The van der Waals surface area contributed by atoms with Crippen molar-refractivity contribution in [3.05, 3.63) is 41.5 Å². The number of carbonyl (C=O) groups excluding carboxylic acids is 1. The summed E-state index contributed by atoms with van der Waals surface area (Å²) in [5.41, 5.74) is -0.775. The third-order valence-corrected chi connectivity index (χ3v) is 8.64. The molecule has 4 atom stereocenters. The lowest BCUT2D eigenvalue weighted by atomic mass is 9.93. The molecule has 1 aliphatic heterocycles. The Kier molecular flexibility index (Phi) is 12.6. The first kappa shape index (κ1) is 35.0. The Morgan fingerprint density at radius 3 is 2.49 bits per heavy atom. The van der Waals surface area contributed by atoms with Crippen LogP contribution in [-0.2, 0) is 18.9 Å². The standard InChI is InChI=1S/C31H49FO8Si/c1-21(2)31(5,32)15-14-24(33)28-25(39-30(3,4)40-28)13-11-12-22-18-23(36-7)19-26(38-20-35-6)27(22)29(34)37-16-17-41(8,9)10/h11-12,14-15,18-19,21,24-25,28,33H,13,16-17,20H2,1-10H3/b12-11+,15-14-/t24?,25-,28?,31?/m0/s1. The minimum atomic E-state index is -1.57. The third-order valence-electron chi connectivity index (χ3n) is 6.94. The summed E-state index contributed by atoms with van der Waals surface area (Å²) < 4.78 is 48.7. The van der Waals surface area contributed by atoms with E-state index < -0.39 is 43.8 Å².